The monoisotopic (exact) mass is 239 g/mol. The number of hydrazine groups is 1. The van der Waals surface area contributed by atoms with Gasteiger partial charge in [0.2, 0.25) is 0 Å². The van der Waals surface area contributed by atoms with E-state index in [0.717, 1.165) is 11.6 Å². The van der Waals surface area contributed by atoms with Gasteiger partial charge in [0, 0.05) is 17.5 Å². The normalized spacial score (nSPS) is 26.9. The SMILES string of the molecule is CCc1csc(NN2C(C)CCCC2C)n1. The average Bonchev–Trinajstić information content (AvgIpc) is 2.71. The Balaban J connectivity index is 2.01. The van der Waals surface area contributed by atoms with Crippen LogP contribution < -0.4 is 5.43 Å². The van der Waals surface area contributed by atoms with Crippen molar-refractivity contribution in [1.82, 2.24) is 9.99 Å². The van der Waals surface area contributed by atoms with Gasteiger partial charge in [0.1, 0.15) is 0 Å². The van der Waals surface area contributed by atoms with Gasteiger partial charge in [0.25, 0.3) is 0 Å². The van der Waals surface area contributed by atoms with Crippen LogP contribution in [0.5, 0.6) is 0 Å². The van der Waals surface area contributed by atoms with E-state index in [0.29, 0.717) is 12.1 Å². The van der Waals surface area contributed by atoms with Gasteiger partial charge in [0.05, 0.1) is 5.69 Å². The Bertz CT molecular complexity index is 327. The van der Waals surface area contributed by atoms with Gasteiger partial charge in [-0.15, -0.1) is 11.3 Å². The van der Waals surface area contributed by atoms with Gasteiger partial charge in [-0.3, -0.25) is 5.43 Å². The molecule has 0 amide bonds. The second-order valence-corrected chi connectivity index (χ2v) is 5.50. The molecule has 1 N–H and O–H groups in total. The van der Waals surface area contributed by atoms with Crippen LogP contribution >= 0.6 is 11.3 Å². The second kappa shape index (κ2) is 5.15. The maximum atomic E-state index is 4.56. The molecule has 2 unspecified atom stereocenters. The summed E-state index contributed by atoms with van der Waals surface area (Å²) in [6, 6.07) is 1.22. The Morgan fingerprint density at radius 2 is 2.12 bits per heavy atom. The molecule has 0 saturated carbocycles. The van der Waals surface area contributed by atoms with Gasteiger partial charge in [-0.2, -0.15) is 0 Å². The molecule has 2 heterocycles. The Labute approximate surface area is 102 Å². The lowest BCUT2D eigenvalue weighted by molar-refractivity contribution is 0.135. The Hall–Kier alpha value is -0.610. The maximum Gasteiger partial charge on any atom is 0.197 e. The number of aromatic nitrogens is 1. The Morgan fingerprint density at radius 1 is 1.44 bits per heavy atom. The van der Waals surface area contributed by atoms with Crippen LogP contribution in [0.1, 0.15) is 45.7 Å². The van der Waals surface area contributed by atoms with Gasteiger partial charge < -0.3 is 0 Å². The van der Waals surface area contributed by atoms with Crippen molar-refractivity contribution in [3.05, 3.63) is 11.1 Å². The topological polar surface area (TPSA) is 28.2 Å². The zero-order chi connectivity index (χ0) is 11.5. The van der Waals surface area contributed by atoms with Crippen molar-refractivity contribution in [2.75, 3.05) is 5.43 Å². The lowest BCUT2D eigenvalue weighted by Gasteiger charge is -2.38. The largest absolute Gasteiger partial charge is 0.294 e. The summed E-state index contributed by atoms with van der Waals surface area (Å²) < 4.78 is 0. The van der Waals surface area contributed by atoms with Gasteiger partial charge in [-0.25, -0.2) is 9.99 Å². The van der Waals surface area contributed by atoms with E-state index in [-0.39, 0.29) is 0 Å². The van der Waals surface area contributed by atoms with Gasteiger partial charge >= 0.3 is 0 Å². The zero-order valence-corrected chi connectivity index (χ0v) is 11.2. The number of hydrogen-bond acceptors (Lipinski definition) is 4. The molecule has 1 aromatic heterocycles. The molecule has 0 radical (unpaired) electrons. The van der Waals surface area contributed by atoms with E-state index in [9.17, 15) is 0 Å². The lowest BCUT2D eigenvalue weighted by Crippen LogP contribution is -2.47. The van der Waals surface area contributed by atoms with Gasteiger partial charge in [-0.05, 0) is 33.1 Å². The van der Waals surface area contributed by atoms with Crippen molar-refractivity contribution < 1.29 is 0 Å². The summed E-state index contributed by atoms with van der Waals surface area (Å²) in [5.74, 6) is 0. The fraction of sp³-hybridized carbons (Fsp3) is 0.750. The number of hydrogen-bond donors (Lipinski definition) is 1. The van der Waals surface area contributed by atoms with Crippen LogP contribution in [0.4, 0.5) is 5.13 Å². The molecule has 0 aromatic carbocycles. The molecule has 90 valence electrons. The molecule has 0 aliphatic carbocycles. The number of piperidine rings is 1. The van der Waals surface area contributed by atoms with Crippen LogP contribution in [0.15, 0.2) is 5.38 Å². The molecule has 1 aromatic rings. The minimum atomic E-state index is 0.609. The molecule has 0 spiro atoms. The molecule has 1 aliphatic rings. The van der Waals surface area contributed by atoms with Crippen molar-refractivity contribution in [3.8, 4) is 0 Å². The fourth-order valence-corrected chi connectivity index (χ4v) is 3.07. The highest BCUT2D eigenvalue weighted by Gasteiger charge is 2.25. The van der Waals surface area contributed by atoms with E-state index in [1.807, 2.05) is 0 Å². The summed E-state index contributed by atoms with van der Waals surface area (Å²) in [5, 5.41) is 5.54. The van der Waals surface area contributed by atoms with Crippen LogP contribution in [-0.4, -0.2) is 22.1 Å². The minimum Gasteiger partial charge on any atom is -0.294 e. The summed E-state index contributed by atoms with van der Waals surface area (Å²) in [7, 11) is 0. The first kappa shape index (κ1) is 11.9. The van der Waals surface area contributed by atoms with E-state index >= 15 is 0 Å². The van der Waals surface area contributed by atoms with Crippen LogP contribution in [0, 0.1) is 0 Å². The van der Waals surface area contributed by atoms with E-state index < -0.39 is 0 Å². The van der Waals surface area contributed by atoms with Crippen LogP contribution in [0.3, 0.4) is 0 Å². The van der Waals surface area contributed by atoms with Crippen molar-refractivity contribution in [3.63, 3.8) is 0 Å². The summed E-state index contributed by atoms with van der Waals surface area (Å²) in [6.07, 6.45) is 4.93. The molecule has 2 rings (SSSR count). The predicted molar refractivity (Wildman–Crippen MR) is 69.7 cm³/mol. The Kier molecular flexibility index (Phi) is 3.82. The first-order valence-electron chi connectivity index (χ1n) is 6.20. The zero-order valence-electron chi connectivity index (χ0n) is 10.4. The first-order chi connectivity index (χ1) is 7.70. The average molecular weight is 239 g/mol. The van der Waals surface area contributed by atoms with E-state index in [1.165, 1.54) is 25.0 Å². The number of rotatable bonds is 3. The van der Waals surface area contributed by atoms with Crippen molar-refractivity contribution in [1.29, 1.82) is 0 Å². The van der Waals surface area contributed by atoms with E-state index in [4.69, 9.17) is 0 Å². The molecule has 16 heavy (non-hydrogen) atoms. The highest BCUT2D eigenvalue weighted by molar-refractivity contribution is 7.13. The fourth-order valence-electron chi connectivity index (χ4n) is 2.27. The summed E-state index contributed by atoms with van der Waals surface area (Å²) in [4.78, 5) is 4.56. The molecular formula is C12H21N3S. The molecular weight excluding hydrogens is 218 g/mol. The van der Waals surface area contributed by atoms with Crippen LogP contribution in [0.25, 0.3) is 0 Å². The van der Waals surface area contributed by atoms with Gasteiger partial charge in [-0.1, -0.05) is 13.3 Å². The highest BCUT2D eigenvalue weighted by atomic mass is 32.1. The van der Waals surface area contributed by atoms with Crippen molar-refractivity contribution in [2.45, 2.75) is 58.5 Å². The second-order valence-electron chi connectivity index (χ2n) is 4.65. The molecule has 3 nitrogen and oxygen atoms in total. The van der Waals surface area contributed by atoms with Crippen molar-refractivity contribution >= 4 is 16.5 Å². The van der Waals surface area contributed by atoms with E-state index in [1.54, 1.807) is 11.3 Å². The number of nitrogens with one attached hydrogen (secondary N) is 1. The lowest BCUT2D eigenvalue weighted by atomic mass is 10.00. The van der Waals surface area contributed by atoms with Crippen LogP contribution in [-0.2, 0) is 6.42 Å². The number of thiazole rings is 1. The Morgan fingerprint density at radius 3 is 2.69 bits per heavy atom. The number of aryl methyl sites for hydroxylation is 1. The van der Waals surface area contributed by atoms with Crippen molar-refractivity contribution in [2.24, 2.45) is 0 Å². The van der Waals surface area contributed by atoms with Crippen LogP contribution in [0.2, 0.25) is 0 Å². The smallest absolute Gasteiger partial charge is 0.197 e. The molecule has 1 fully saturated rings. The molecule has 2 atom stereocenters. The van der Waals surface area contributed by atoms with E-state index in [2.05, 4.69) is 41.6 Å². The third-order valence-corrected chi connectivity index (χ3v) is 4.13. The highest BCUT2D eigenvalue weighted by Crippen LogP contribution is 2.25. The summed E-state index contributed by atoms with van der Waals surface area (Å²) in [5.41, 5.74) is 4.66. The molecule has 1 aliphatic heterocycles. The quantitative estimate of drug-likeness (QED) is 0.877. The third kappa shape index (κ3) is 2.55. The number of anilines is 1. The standard InChI is InChI=1S/C12H21N3S/c1-4-11-8-16-12(13-11)14-15-9(2)6-5-7-10(15)3/h8-10H,4-7H2,1-3H3,(H,13,14). The van der Waals surface area contributed by atoms with Gasteiger partial charge in [0.15, 0.2) is 5.13 Å². The third-order valence-electron chi connectivity index (χ3n) is 3.33. The molecule has 1 saturated heterocycles. The predicted octanol–water partition coefficient (Wildman–Crippen LogP) is 3.30. The summed E-state index contributed by atoms with van der Waals surface area (Å²) in [6.45, 7) is 6.72. The molecule has 4 heteroatoms. The minimum absolute atomic E-state index is 0.609. The molecule has 0 bridgehead atoms. The summed E-state index contributed by atoms with van der Waals surface area (Å²) >= 11 is 1.71. The number of nitrogens with zero attached hydrogens (tertiary/aromatic N) is 2. The first-order valence-corrected chi connectivity index (χ1v) is 7.08. The maximum absolute atomic E-state index is 4.56.